The molecule has 2 aromatic carbocycles. The lowest BCUT2D eigenvalue weighted by atomic mass is 9.87. The number of hydrogen-bond acceptors (Lipinski definition) is 1. The van der Waals surface area contributed by atoms with E-state index >= 15 is 0 Å². The van der Waals surface area contributed by atoms with E-state index in [4.69, 9.17) is 0 Å². The second kappa shape index (κ2) is 10.5. The van der Waals surface area contributed by atoms with E-state index in [1.807, 2.05) is 39.5 Å². The molecule has 0 bridgehead atoms. The molecule has 2 rings (SSSR count). The zero-order chi connectivity index (χ0) is 17.2. The topological polar surface area (TPSA) is 0 Å². The molecule has 0 saturated carbocycles. The van der Waals surface area contributed by atoms with Crippen molar-refractivity contribution in [2.45, 2.75) is 70.6 Å². The molecule has 0 radical (unpaired) electrons. The largest absolute Gasteiger partial charge is 0.0901 e. The summed E-state index contributed by atoms with van der Waals surface area (Å²) in [6, 6.07) is 17.6. The maximum absolute atomic E-state index is 2.25. The van der Waals surface area contributed by atoms with Crippen molar-refractivity contribution in [2.75, 3.05) is 0 Å². The van der Waals surface area contributed by atoms with Gasteiger partial charge in [0.05, 0.1) is 0 Å². The molecule has 122 valence electrons. The lowest BCUT2D eigenvalue weighted by molar-refractivity contribution is 0.590. The molecule has 0 amide bonds. The van der Waals surface area contributed by atoms with Crippen LogP contribution in [0.2, 0.25) is 0 Å². The van der Waals surface area contributed by atoms with Crippen LogP contribution in [0.4, 0.5) is 0 Å². The van der Waals surface area contributed by atoms with E-state index in [9.17, 15) is 0 Å². The van der Waals surface area contributed by atoms with Gasteiger partial charge in [-0.3, -0.25) is 0 Å². The molecule has 0 aliphatic rings. The van der Waals surface area contributed by atoms with Gasteiger partial charge in [0.2, 0.25) is 0 Å². The summed E-state index contributed by atoms with van der Waals surface area (Å²) in [5, 5.41) is 0. The molecule has 0 aromatic heterocycles. The summed E-state index contributed by atoms with van der Waals surface area (Å²) in [7, 11) is 0. The van der Waals surface area contributed by atoms with Crippen molar-refractivity contribution in [3.63, 3.8) is 0 Å². The second-order valence-electron chi connectivity index (χ2n) is 5.69. The van der Waals surface area contributed by atoms with E-state index in [-0.39, 0.29) is 5.41 Å². The van der Waals surface area contributed by atoms with Crippen molar-refractivity contribution in [2.24, 2.45) is 0 Å². The standard InChI is InChI=1S/C17H20S.2C2H6/c1-13-5-9-15(10-6-13)18-16-11-7-14(8-12-16)17(2,3)4;2*1-2/h5-12H,1-4H3;2*1-2H3. The minimum atomic E-state index is 0.229. The number of hydrogen-bond donors (Lipinski definition) is 0. The maximum atomic E-state index is 2.25. The fourth-order valence-electron chi connectivity index (χ4n) is 1.77. The molecule has 0 saturated heterocycles. The molecule has 0 spiro atoms. The van der Waals surface area contributed by atoms with Crippen molar-refractivity contribution in [1.29, 1.82) is 0 Å². The quantitative estimate of drug-likeness (QED) is 0.553. The van der Waals surface area contributed by atoms with Gasteiger partial charge in [-0.1, -0.05) is 90.1 Å². The molecule has 0 aliphatic carbocycles. The van der Waals surface area contributed by atoms with Gasteiger partial charge in [0.15, 0.2) is 0 Å². The van der Waals surface area contributed by atoms with Gasteiger partial charge < -0.3 is 0 Å². The first kappa shape index (κ1) is 20.8. The van der Waals surface area contributed by atoms with Gasteiger partial charge in [0, 0.05) is 9.79 Å². The van der Waals surface area contributed by atoms with E-state index in [0.717, 1.165) is 0 Å². The Morgan fingerprint density at radius 3 is 1.36 bits per heavy atom. The fourth-order valence-corrected chi connectivity index (χ4v) is 2.58. The third-order valence-electron chi connectivity index (χ3n) is 2.98. The second-order valence-corrected chi connectivity index (χ2v) is 6.84. The average Bonchev–Trinajstić information content (AvgIpc) is 2.53. The summed E-state index contributed by atoms with van der Waals surface area (Å²) in [5.41, 5.74) is 2.92. The Morgan fingerprint density at radius 1 is 0.636 bits per heavy atom. The van der Waals surface area contributed by atoms with E-state index in [0.29, 0.717) is 0 Å². The Labute approximate surface area is 142 Å². The smallest absolute Gasteiger partial charge is 0.0122 e. The van der Waals surface area contributed by atoms with Crippen LogP contribution in [0.25, 0.3) is 0 Å². The molecule has 0 nitrogen and oxygen atoms in total. The van der Waals surface area contributed by atoms with Crippen LogP contribution in [0.3, 0.4) is 0 Å². The molecule has 0 heterocycles. The first-order chi connectivity index (χ1) is 10.4. The van der Waals surface area contributed by atoms with Crippen LogP contribution < -0.4 is 0 Å². The SMILES string of the molecule is CC.CC.Cc1ccc(Sc2ccc(C(C)(C)C)cc2)cc1. The summed E-state index contributed by atoms with van der Waals surface area (Å²) in [6.45, 7) is 16.9. The summed E-state index contributed by atoms with van der Waals surface area (Å²) in [6.07, 6.45) is 0. The van der Waals surface area contributed by atoms with Gasteiger partial charge in [-0.2, -0.15) is 0 Å². The minimum Gasteiger partial charge on any atom is -0.0901 e. The van der Waals surface area contributed by atoms with Gasteiger partial charge in [0.25, 0.3) is 0 Å². The summed E-state index contributed by atoms with van der Waals surface area (Å²) in [5.74, 6) is 0. The average molecular weight is 317 g/mol. The monoisotopic (exact) mass is 316 g/mol. The highest BCUT2D eigenvalue weighted by Crippen LogP contribution is 2.30. The molecule has 1 heteroatoms. The Bertz CT molecular complexity index is 501. The maximum Gasteiger partial charge on any atom is 0.0122 e. The number of aryl methyl sites for hydroxylation is 1. The van der Waals surface area contributed by atoms with Crippen LogP contribution in [0.1, 0.15) is 59.6 Å². The van der Waals surface area contributed by atoms with E-state index < -0.39 is 0 Å². The van der Waals surface area contributed by atoms with Crippen molar-refractivity contribution < 1.29 is 0 Å². The van der Waals surface area contributed by atoms with Gasteiger partial charge in [-0.05, 0) is 42.2 Å². The molecule has 0 unspecified atom stereocenters. The highest BCUT2D eigenvalue weighted by atomic mass is 32.2. The van der Waals surface area contributed by atoms with E-state index in [2.05, 4.69) is 76.2 Å². The Hall–Kier alpha value is -1.21. The van der Waals surface area contributed by atoms with Gasteiger partial charge in [0.1, 0.15) is 0 Å². The molecule has 0 fully saturated rings. The molecular formula is C21H32S. The van der Waals surface area contributed by atoms with Crippen molar-refractivity contribution in [3.8, 4) is 0 Å². The summed E-state index contributed by atoms with van der Waals surface area (Å²) < 4.78 is 0. The predicted molar refractivity (Wildman–Crippen MR) is 103 cm³/mol. The first-order valence-corrected chi connectivity index (χ1v) is 9.12. The highest BCUT2D eigenvalue weighted by Gasteiger charge is 2.12. The zero-order valence-corrected chi connectivity index (χ0v) is 16.3. The van der Waals surface area contributed by atoms with Crippen LogP contribution in [0, 0.1) is 6.92 Å². The van der Waals surface area contributed by atoms with Gasteiger partial charge >= 0.3 is 0 Å². The van der Waals surface area contributed by atoms with Crippen molar-refractivity contribution >= 4 is 11.8 Å². The first-order valence-electron chi connectivity index (χ1n) is 8.30. The molecular weight excluding hydrogens is 284 g/mol. The third kappa shape index (κ3) is 7.17. The summed E-state index contributed by atoms with van der Waals surface area (Å²) in [4.78, 5) is 2.59. The van der Waals surface area contributed by atoms with Gasteiger partial charge in [-0.25, -0.2) is 0 Å². The Morgan fingerprint density at radius 2 is 1.00 bits per heavy atom. The van der Waals surface area contributed by atoms with Crippen molar-refractivity contribution in [1.82, 2.24) is 0 Å². The zero-order valence-electron chi connectivity index (χ0n) is 15.5. The van der Waals surface area contributed by atoms with Crippen molar-refractivity contribution in [3.05, 3.63) is 59.7 Å². The van der Waals surface area contributed by atoms with Crippen LogP contribution in [-0.4, -0.2) is 0 Å². The molecule has 22 heavy (non-hydrogen) atoms. The van der Waals surface area contributed by atoms with Crippen LogP contribution in [-0.2, 0) is 5.41 Å². The lowest BCUT2D eigenvalue weighted by Crippen LogP contribution is -2.10. The normalized spacial score (nSPS) is 10.0. The van der Waals surface area contributed by atoms with E-state index in [1.54, 1.807) is 0 Å². The highest BCUT2D eigenvalue weighted by molar-refractivity contribution is 7.99. The third-order valence-corrected chi connectivity index (χ3v) is 3.99. The molecule has 2 aromatic rings. The number of benzene rings is 2. The lowest BCUT2D eigenvalue weighted by Gasteiger charge is -2.19. The van der Waals surface area contributed by atoms with Crippen LogP contribution in [0.15, 0.2) is 58.3 Å². The number of rotatable bonds is 2. The Balaban J connectivity index is 0.00000102. The molecule has 0 aliphatic heterocycles. The minimum absolute atomic E-state index is 0.229. The molecule has 0 atom stereocenters. The van der Waals surface area contributed by atoms with Crippen LogP contribution >= 0.6 is 11.8 Å². The Kier molecular flexibility index (Phi) is 9.93. The molecule has 0 N–H and O–H groups in total. The van der Waals surface area contributed by atoms with E-state index in [1.165, 1.54) is 20.9 Å². The summed E-state index contributed by atoms with van der Waals surface area (Å²) >= 11 is 1.82. The van der Waals surface area contributed by atoms with Crippen LogP contribution in [0.5, 0.6) is 0 Å². The predicted octanol–water partition coefficient (Wildman–Crippen LogP) is 7.50. The van der Waals surface area contributed by atoms with Gasteiger partial charge in [-0.15, -0.1) is 0 Å². The fraction of sp³-hybridized carbons (Fsp3) is 0.429.